The topological polar surface area (TPSA) is 30.5 Å². The minimum atomic E-state index is 0.674. The van der Waals surface area contributed by atoms with Crippen molar-refractivity contribution in [3.05, 3.63) is 54.6 Å². The van der Waals surface area contributed by atoms with Gasteiger partial charge in [0.05, 0.1) is 0 Å². The fourth-order valence-electron chi connectivity index (χ4n) is 3.10. The Morgan fingerprint density at radius 1 is 1.00 bits per heavy atom. The monoisotopic (exact) mass is 400 g/mol. The highest BCUT2D eigenvalue weighted by Gasteiger charge is 2.15. The lowest BCUT2D eigenvalue weighted by molar-refractivity contribution is 0.271. The van der Waals surface area contributed by atoms with Gasteiger partial charge in [0.15, 0.2) is 5.11 Å². The molecule has 1 aliphatic rings. The number of hydrogen-bond donors (Lipinski definition) is 2. The molecule has 6 heteroatoms. The third-order valence-corrected chi connectivity index (χ3v) is 5.97. The van der Waals surface area contributed by atoms with Crippen LogP contribution in [0.15, 0.2) is 59.5 Å². The van der Waals surface area contributed by atoms with Gasteiger partial charge in [-0.3, -0.25) is 0 Å². The summed E-state index contributed by atoms with van der Waals surface area (Å²) < 4.78 is 0. The number of thioether (sulfide) groups is 1. The third kappa shape index (κ3) is 6.41. The molecule has 1 fully saturated rings. The molecular weight excluding hydrogens is 372 g/mol. The Balaban J connectivity index is 1.38. The van der Waals surface area contributed by atoms with Crippen LogP contribution in [0, 0.1) is 0 Å². The zero-order chi connectivity index (χ0) is 18.9. The van der Waals surface area contributed by atoms with Crippen molar-refractivity contribution < 1.29 is 0 Å². The first-order valence-electron chi connectivity index (χ1n) is 9.54. The standard InChI is InChI=1S/C21H28N4S2/c1-2-24-13-15-25(16-14-24)19-10-8-18(9-11-19)23-21(26)22-12-17-27-20-6-4-3-5-7-20/h3-11H,2,12-17H2,1H3,(H2,22,23,26). The molecule has 0 spiro atoms. The van der Waals surface area contributed by atoms with E-state index in [1.807, 2.05) is 17.8 Å². The van der Waals surface area contributed by atoms with E-state index in [1.165, 1.54) is 10.6 Å². The molecule has 2 N–H and O–H groups in total. The van der Waals surface area contributed by atoms with Crippen molar-refractivity contribution >= 4 is 40.5 Å². The second kappa shape index (κ2) is 10.5. The van der Waals surface area contributed by atoms with Crippen LogP contribution in [-0.4, -0.2) is 55.0 Å². The predicted molar refractivity (Wildman–Crippen MR) is 122 cm³/mol. The SMILES string of the molecule is CCN1CCN(c2ccc(NC(=S)NCCSc3ccccc3)cc2)CC1. The normalized spacial score (nSPS) is 14.8. The van der Waals surface area contributed by atoms with Crippen LogP contribution in [-0.2, 0) is 0 Å². The van der Waals surface area contributed by atoms with Gasteiger partial charge in [-0.05, 0) is 55.2 Å². The van der Waals surface area contributed by atoms with Gasteiger partial charge in [0, 0.05) is 54.7 Å². The molecule has 2 aromatic carbocycles. The smallest absolute Gasteiger partial charge is 0.170 e. The third-order valence-electron chi connectivity index (χ3n) is 4.71. The number of nitrogens with one attached hydrogen (secondary N) is 2. The lowest BCUT2D eigenvalue weighted by atomic mass is 10.2. The van der Waals surface area contributed by atoms with Gasteiger partial charge in [0.2, 0.25) is 0 Å². The zero-order valence-electron chi connectivity index (χ0n) is 15.9. The number of hydrogen-bond acceptors (Lipinski definition) is 4. The molecular formula is C21H28N4S2. The highest BCUT2D eigenvalue weighted by molar-refractivity contribution is 7.99. The Morgan fingerprint density at radius 3 is 2.37 bits per heavy atom. The molecule has 0 saturated carbocycles. The van der Waals surface area contributed by atoms with E-state index in [4.69, 9.17) is 12.2 Å². The van der Waals surface area contributed by atoms with Crippen molar-refractivity contribution in [3.8, 4) is 0 Å². The van der Waals surface area contributed by atoms with E-state index in [-0.39, 0.29) is 0 Å². The number of anilines is 2. The summed E-state index contributed by atoms with van der Waals surface area (Å²) in [4.78, 5) is 6.23. The molecule has 0 aliphatic carbocycles. The number of nitrogens with zero attached hydrogens (tertiary/aromatic N) is 2. The van der Waals surface area contributed by atoms with Crippen LogP contribution >= 0.6 is 24.0 Å². The van der Waals surface area contributed by atoms with Crippen molar-refractivity contribution in [2.45, 2.75) is 11.8 Å². The molecule has 1 heterocycles. The molecule has 0 unspecified atom stereocenters. The molecule has 0 amide bonds. The van der Waals surface area contributed by atoms with Crippen molar-refractivity contribution in [1.29, 1.82) is 0 Å². The summed E-state index contributed by atoms with van der Waals surface area (Å²) in [5.41, 5.74) is 2.31. The quantitative estimate of drug-likeness (QED) is 0.416. The minimum Gasteiger partial charge on any atom is -0.369 e. The van der Waals surface area contributed by atoms with Gasteiger partial charge in [-0.2, -0.15) is 0 Å². The number of likely N-dealkylation sites (N-methyl/N-ethyl adjacent to an activating group) is 1. The highest BCUT2D eigenvalue weighted by Crippen LogP contribution is 2.19. The van der Waals surface area contributed by atoms with Crippen LogP contribution in [0.25, 0.3) is 0 Å². The van der Waals surface area contributed by atoms with E-state index in [0.29, 0.717) is 5.11 Å². The summed E-state index contributed by atoms with van der Waals surface area (Å²) in [5, 5.41) is 7.22. The van der Waals surface area contributed by atoms with Crippen molar-refractivity contribution in [3.63, 3.8) is 0 Å². The number of benzene rings is 2. The van der Waals surface area contributed by atoms with E-state index < -0.39 is 0 Å². The lowest BCUT2D eigenvalue weighted by Crippen LogP contribution is -2.46. The maximum absolute atomic E-state index is 5.40. The van der Waals surface area contributed by atoms with Crippen LogP contribution < -0.4 is 15.5 Å². The minimum absolute atomic E-state index is 0.674. The summed E-state index contributed by atoms with van der Waals surface area (Å²) in [6.07, 6.45) is 0. The van der Waals surface area contributed by atoms with Crippen LogP contribution in [0.4, 0.5) is 11.4 Å². The fourth-order valence-corrected chi connectivity index (χ4v) is 4.11. The van der Waals surface area contributed by atoms with Gasteiger partial charge >= 0.3 is 0 Å². The van der Waals surface area contributed by atoms with Crippen LogP contribution in [0.2, 0.25) is 0 Å². The molecule has 0 aromatic heterocycles. The van der Waals surface area contributed by atoms with Crippen LogP contribution in [0.1, 0.15) is 6.92 Å². The van der Waals surface area contributed by atoms with Crippen molar-refractivity contribution in [1.82, 2.24) is 10.2 Å². The molecule has 0 atom stereocenters. The van der Waals surface area contributed by atoms with Crippen LogP contribution in [0.3, 0.4) is 0 Å². The maximum atomic E-state index is 5.40. The molecule has 144 valence electrons. The molecule has 0 radical (unpaired) electrons. The van der Waals surface area contributed by atoms with Gasteiger partial charge in [-0.1, -0.05) is 25.1 Å². The number of piperazine rings is 1. The Hall–Kier alpha value is -1.76. The van der Waals surface area contributed by atoms with Crippen molar-refractivity contribution in [2.24, 2.45) is 0 Å². The fraction of sp³-hybridized carbons (Fsp3) is 0.381. The summed E-state index contributed by atoms with van der Waals surface area (Å²) >= 11 is 7.23. The first-order chi connectivity index (χ1) is 13.2. The number of thiocarbonyl (C=S) groups is 1. The predicted octanol–water partition coefficient (Wildman–Crippen LogP) is 3.91. The Morgan fingerprint density at radius 2 is 1.70 bits per heavy atom. The van der Waals surface area contributed by atoms with Gasteiger partial charge in [-0.15, -0.1) is 11.8 Å². The van der Waals surface area contributed by atoms with E-state index in [1.54, 1.807) is 0 Å². The van der Waals surface area contributed by atoms with Gasteiger partial charge in [0.1, 0.15) is 0 Å². The van der Waals surface area contributed by atoms with E-state index in [2.05, 4.69) is 75.9 Å². The molecule has 1 aliphatic heterocycles. The summed E-state index contributed by atoms with van der Waals surface area (Å²) in [6.45, 7) is 8.69. The molecule has 4 nitrogen and oxygen atoms in total. The molecule has 3 rings (SSSR count). The first kappa shape index (κ1) is 20.0. The summed E-state index contributed by atoms with van der Waals surface area (Å²) in [7, 11) is 0. The van der Waals surface area contributed by atoms with Gasteiger partial charge in [-0.25, -0.2) is 0 Å². The lowest BCUT2D eigenvalue weighted by Gasteiger charge is -2.35. The zero-order valence-corrected chi connectivity index (χ0v) is 17.5. The Bertz CT molecular complexity index is 698. The molecule has 2 aromatic rings. The average molecular weight is 401 g/mol. The molecule has 0 bridgehead atoms. The molecule has 1 saturated heterocycles. The second-order valence-corrected chi connectivity index (χ2v) is 8.09. The van der Waals surface area contributed by atoms with E-state index in [9.17, 15) is 0 Å². The van der Waals surface area contributed by atoms with E-state index in [0.717, 1.165) is 50.7 Å². The van der Waals surface area contributed by atoms with Gasteiger partial charge in [0.25, 0.3) is 0 Å². The highest BCUT2D eigenvalue weighted by atomic mass is 32.2. The van der Waals surface area contributed by atoms with E-state index >= 15 is 0 Å². The Kier molecular flexibility index (Phi) is 7.80. The second-order valence-electron chi connectivity index (χ2n) is 6.51. The Labute approximate surface area is 172 Å². The molecule has 27 heavy (non-hydrogen) atoms. The summed E-state index contributed by atoms with van der Waals surface area (Å²) in [6, 6.07) is 19.0. The van der Waals surface area contributed by atoms with Crippen LogP contribution in [0.5, 0.6) is 0 Å². The van der Waals surface area contributed by atoms with Gasteiger partial charge < -0.3 is 20.4 Å². The maximum Gasteiger partial charge on any atom is 0.170 e. The first-order valence-corrected chi connectivity index (χ1v) is 10.9. The van der Waals surface area contributed by atoms with Crippen molar-refractivity contribution in [2.75, 3.05) is 55.2 Å². The number of rotatable bonds is 7. The largest absolute Gasteiger partial charge is 0.369 e. The summed E-state index contributed by atoms with van der Waals surface area (Å²) in [5.74, 6) is 0.981. The average Bonchev–Trinajstić information content (AvgIpc) is 2.73.